The van der Waals surface area contributed by atoms with Crippen molar-refractivity contribution < 1.29 is 7.58 Å². The predicted molar refractivity (Wildman–Crippen MR) is 136 cm³/mol. The number of pyridine rings is 1. The monoisotopic (exact) mass is 444 g/mol. The van der Waals surface area contributed by atoms with E-state index in [-0.39, 0.29) is 0 Å². The van der Waals surface area contributed by atoms with Crippen LogP contribution in [0.1, 0.15) is 11.3 Å². The van der Waals surface area contributed by atoms with E-state index in [1.807, 2.05) is 55.5 Å². The summed E-state index contributed by atoms with van der Waals surface area (Å²) in [5.41, 5.74) is 7.38. The lowest BCUT2D eigenvalue weighted by Crippen LogP contribution is -2.13. The van der Waals surface area contributed by atoms with E-state index in [4.69, 9.17) is 12.6 Å². The Morgan fingerprint density at radius 3 is 1.88 bits per heavy atom. The van der Waals surface area contributed by atoms with E-state index in [0.29, 0.717) is 0 Å². The predicted octanol–water partition coefficient (Wildman–Crippen LogP) is 7.18. The molecule has 33 heavy (non-hydrogen) atoms. The second-order valence-corrected chi connectivity index (χ2v) is 8.64. The maximum Gasteiger partial charge on any atom is 0.881 e. The molecule has 0 bridgehead atoms. The summed E-state index contributed by atoms with van der Waals surface area (Å²) in [5.74, 6) is 1.60. The van der Waals surface area contributed by atoms with Gasteiger partial charge in [-0.05, 0) is 42.7 Å². The van der Waals surface area contributed by atoms with Crippen molar-refractivity contribution in [2.75, 3.05) is 0 Å². The Balaban J connectivity index is 1.50. The van der Waals surface area contributed by atoms with Crippen LogP contribution in [-0.2, 0) is 0 Å². The van der Waals surface area contributed by atoms with Crippen LogP contribution in [0.5, 0.6) is 11.5 Å². The van der Waals surface area contributed by atoms with E-state index in [1.54, 1.807) is 0 Å². The van der Waals surface area contributed by atoms with Crippen molar-refractivity contribution in [1.29, 1.82) is 0 Å². The maximum absolute atomic E-state index is 6.42. The second-order valence-electron chi connectivity index (χ2n) is 7.98. The molecule has 1 heterocycles. The van der Waals surface area contributed by atoms with E-state index in [2.05, 4.69) is 61.5 Å². The minimum Gasteiger partial charge on any atom is -0.615 e. The lowest BCUT2D eigenvalue weighted by atomic mass is 9.97. The van der Waals surface area contributed by atoms with Crippen molar-refractivity contribution >= 4 is 26.8 Å². The number of para-hydroxylation sites is 2. The summed E-state index contributed by atoms with van der Waals surface area (Å²) in [6.07, 6.45) is 0. The molecule has 5 aromatic rings. The van der Waals surface area contributed by atoms with Crippen molar-refractivity contribution in [3.63, 3.8) is 0 Å². The van der Waals surface area contributed by atoms with Gasteiger partial charge in [-0.15, -0.1) is 0 Å². The molecule has 0 unspecified atom stereocenters. The van der Waals surface area contributed by atoms with Gasteiger partial charge in [0.2, 0.25) is 0 Å². The molecule has 0 aliphatic rings. The van der Waals surface area contributed by atoms with E-state index < -0.39 is 15.9 Å². The Labute approximate surface area is 201 Å². The average molecular weight is 444 g/mol. The van der Waals surface area contributed by atoms with Gasteiger partial charge < -0.3 is 7.58 Å². The molecule has 4 heteroatoms. The Kier molecular flexibility index (Phi) is 6.13. The van der Waals surface area contributed by atoms with E-state index >= 15 is 0 Å². The highest BCUT2D eigenvalue weighted by Crippen LogP contribution is 2.39. The molecule has 0 aliphatic heterocycles. The fourth-order valence-electron chi connectivity index (χ4n) is 4.13. The number of aromatic nitrogens is 1. The van der Waals surface area contributed by atoms with Gasteiger partial charge in [-0.3, -0.25) is 0 Å². The average Bonchev–Trinajstić information content (AvgIpc) is 2.85. The number of aryl methyl sites for hydroxylation is 2. The summed E-state index contributed by atoms with van der Waals surface area (Å²) in [5, 5.41) is 1.10. The standard InChI is InChI=1S/C18H14O.C11H11NO.Al/c19-18-16(14-8-3-1-4-9-14)12-7-13-17(18)15-10-5-2-6-11-15;1-7-6-8(2)12-11-9(7)4-3-5-10(11)13;/h1-13,19H;3-6,13H,1-2H3;/q;;+2/p-2. The Bertz CT molecular complexity index is 1340. The van der Waals surface area contributed by atoms with Crippen LogP contribution in [0, 0.1) is 13.8 Å². The third-order valence-electron chi connectivity index (χ3n) is 5.66. The van der Waals surface area contributed by atoms with Crippen LogP contribution < -0.4 is 7.58 Å². The highest BCUT2D eigenvalue weighted by molar-refractivity contribution is 6.22. The molecule has 0 spiro atoms. The van der Waals surface area contributed by atoms with E-state index in [9.17, 15) is 0 Å². The van der Waals surface area contributed by atoms with Crippen LogP contribution in [0.25, 0.3) is 33.2 Å². The molecule has 0 amide bonds. The van der Waals surface area contributed by atoms with Gasteiger partial charge in [0.25, 0.3) is 0 Å². The molecule has 0 saturated heterocycles. The molecular weight excluding hydrogens is 421 g/mol. The van der Waals surface area contributed by atoms with Gasteiger partial charge in [-0.1, -0.05) is 91.0 Å². The van der Waals surface area contributed by atoms with Gasteiger partial charge >= 0.3 is 15.9 Å². The molecule has 0 N–H and O–H groups in total. The molecule has 1 aromatic heterocycles. The Morgan fingerprint density at radius 1 is 0.636 bits per heavy atom. The van der Waals surface area contributed by atoms with Crippen LogP contribution >= 0.6 is 0 Å². The van der Waals surface area contributed by atoms with Crippen LogP contribution in [-0.4, -0.2) is 20.9 Å². The minimum absolute atomic E-state index is 0.757. The highest BCUT2D eigenvalue weighted by atomic mass is 27.2. The zero-order chi connectivity index (χ0) is 22.6. The molecular formula is C29H23AlNO2. The van der Waals surface area contributed by atoms with Crippen LogP contribution in [0.15, 0.2) is 103 Å². The molecule has 0 aliphatic carbocycles. The van der Waals surface area contributed by atoms with Gasteiger partial charge in [-0.25, -0.2) is 4.98 Å². The Hall–Kier alpha value is -3.58. The quantitative estimate of drug-likeness (QED) is 0.260. The molecule has 0 saturated carbocycles. The zero-order valence-corrected chi connectivity index (χ0v) is 19.8. The van der Waals surface area contributed by atoms with Crippen LogP contribution in [0.2, 0.25) is 0 Å². The van der Waals surface area contributed by atoms with Gasteiger partial charge in [0, 0.05) is 22.2 Å². The van der Waals surface area contributed by atoms with Crippen molar-refractivity contribution in [3.05, 3.63) is 114 Å². The van der Waals surface area contributed by atoms with Gasteiger partial charge in [0.05, 0.1) is 5.75 Å². The molecule has 159 valence electrons. The SMILES string of the molecule is Cc1cc(C)c2cccc([O][Al][O]c3c(-c4ccccc4)cccc3-c3ccccc3)c2n1. The molecule has 5 rings (SSSR count). The number of rotatable bonds is 6. The first-order valence-electron chi connectivity index (χ1n) is 11.0. The topological polar surface area (TPSA) is 31.4 Å². The smallest absolute Gasteiger partial charge is 0.615 e. The highest BCUT2D eigenvalue weighted by Gasteiger charge is 2.17. The molecule has 1 radical (unpaired) electrons. The summed E-state index contributed by atoms with van der Waals surface area (Å²) in [4.78, 5) is 4.73. The van der Waals surface area contributed by atoms with Gasteiger partial charge in [0.1, 0.15) is 11.3 Å². The summed E-state index contributed by atoms with van der Waals surface area (Å²) >= 11 is -0.802. The van der Waals surface area contributed by atoms with Crippen molar-refractivity contribution in [2.24, 2.45) is 0 Å². The summed E-state index contributed by atoms with van der Waals surface area (Å²) < 4.78 is 12.6. The Morgan fingerprint density at radius 2 is 1.24 bits per heavy atom. The molecule has 0 atom stereocenters. The molecule has 0 fully saturated rings. The normalized spacial score (nSPS) is 10.7. The first kappa shape index (κ1) is 21.3. The van der Waals surface area contributed by atoms with Gasteiger partial charge in [0.15, 0.2) is 0 Å². The fourth-order valence-corrected chi connectivity index (χ4v) is 4.82. The second kappa shape index (κ2) is 9.50. The minimum atomic E-state index is -0.802. The lowest BCUT2D eigenvalue weighted by Gasteiger charge is -2.18. The molecule has 3 nitrogen and oxygen atoms in total. The third-order valence-corrected chi connectivity index (χ3v) is 6.35. The van der Waals surface area contributed by atoms with Crippen molar-refractivity contribution in [1.82, 2.24) is 4.98 Å². The zero-order valence-electron chi connectivity index (χ0n) is 18.7. The van der Waals surface area contributed by atoms with Crippen molar-refractivity contribution in [2.45, 2.75) is 13.8 Å². The third kappa shape index (κ3) is 4.50. The first-order valence-corrected chi connectivity index (χ1v) is 11.9. The number of fused-ring (bicyclic) bond motifs is 1. The largest absolute Gasteiger partial charge is 0.881 e. The fraction of sp³-hybridized carbons (Fsp3) is 0.0690. The first-order chi connectivity index (χ1) is 16.2. The summed E-state index contributed by atoms with van der Waals surface area (Å²) in [7, 11) is 0. The number of hydrogen-bond acceptors (Lipinski definition) is 3. The van der Waals surface area contributed by atoms with Gasteiger partial charge in [-0.2, -0.15) is 0 Å². The van der Waals surface area contributed by atoms with Crippen molar-refractivity contribution in [3.8, 4) is 33.8 Å². The van der Waals surface area contributed by atoms with Crippen LogP contribution in [0.4, 0.5) is 0 Å². The number of benzene rings is 4. The summed E-state index contributed by atoms with van der Waals surface area (Å²) in [6, 6.07) is 35.1. The van der Waals surface area contributed by atoms with E-state index in [0.717, 1.165) is 50.3 Å². The van der Waals surface area contributed by atoms with E-state index in [1.165, 1.54) is 5.56 Å². The number of hydrogen-bond donors (Lipinski definition) is 0. The van der Waals surface area contributed by atoms with Crippen LogP contribution in [0.3, 0.4) is 0 Å². The lowest BCUT2D eigenvalue weighted by molar-refractivity contribution is 0.463. The maximum atomic E-state index is 6.42. The summed E-state index contributed by atoms with van der Waals surface area (Å²) in [6.45, 7) is 4.11. The molecule has 4 aromatic carbocycles. The number of nitrogens with zero attached hydrogens (tertiary/aromatic N) is 1.